The van der Waals surface area contributed by atoms with Crippen molar-refractivity contribution < 1.29 is 9.59 Å². The van der Waals surface area contributed by atoms with Crippen LogP contribution in [0.4, 0.5) is 0 Å². The molecule has 2 aliphatic rings. The molecule has 2 atom stereocenters. The molecule has 1 saturated carbocycles. The fourth-order valence-electron chi connectivity index (χ4n) is 3.10. The number of nitrogens with zero attached hydrogens (tertiary/aromatic N) is 1. The van der Waals surface area contributed by atoms with E-state index in [0.717, 1.165) is 12.2 Å². The molecule has 0 N–H and O–H groups in total. The summed E-state index contributed by atoms with van der Waals surface area (Å²) in [6, 6.07) is 0. The standard InChI is InChI=1S/C15H26BNO2S/c1-3-10(2)20-13-8-14(18)17(15(13)19)9-11-4-6-12(16)7-5-11/h10-13H,3-9,16H2,1-2H3. The van der Waals surface area contributed by atoms with Crippen LogP contribution in [-0.2, 0) is 9.59 Å². The van der Waals surface area contributed by atoms with Crippen LogP contribution in [0.25, 0.3) is 0 Å². The van der Waals surface area contributed by atoms with Crippen molar-refractivity contribution in [3.8, 4) is 0 Å². The van der Waals surface area contributed by atoms with Gasteiger partial charge in [0.25, 0.3) is 0 Å². The molecule has 0 radical (unpaired) electrons. The van der Waals surface area contributed by atoms with Crippen molar-refractivity contribution >= 4 is 31.4 Å². The van der Waals surface area contributed by atoms with Crippen LogP contribution in [0.3, 0.4) is 0 Å². The number of carbonyl (C=O) groups excluding carboxylic acids is 2. The van der Waals surface area contributed by atoms with Crippen molar-refractivity contribution in [2.75, 3.05) is 6.54 Å². The van der Waals surface area contributed by atoms with Gasteiger partial charge in [-0.15, -0.1) is 11.8 Å². The molecule has 1 heterocycles. The maximum atomic E-state index is 12.4. The van der Waals surface area contributed by atoms with E-state index in [1.54, 1.807) is 16.7 Å². The summed E-state index contributed by atoms with van der Waals surface area (Å²) in [7, 11) is 2.29. The molecule has 2 rings (SSSR count). The maximum Gasteiger partial charge on any atom is 0.242 e. The predicted octanol–water partition coefficient (Wildman–Crippen LogP) is 2.26. The van der Waals surface area contributed by atoms with Crippen molar-refractivity contribution in [3.05, 3.63) is 0 Å². The Morgan fingerprint density at radius 3 is 2.55 bits per heavy atom. The number of carbonyl (C=O) groups is 2. The number of hydrogen-bond donors (Lipinski definition) is 0. The maximum absolute atomic E-state index is 12.4. The molecule has 1 aliphatic carbocycles. The number of hydrogen-bond acceptors (Lipinski definition) is 3. The summed E-state index contributed by atoms with van der Waals surface area (Å²) in [6.07, 6.45) is 6.28. The van der Waals surface area contributed by atoms with Crippen LogP contribution < -0.4 is 0 Å². The normalized spacial score (nSPS) is 32.7. The predicted molar refractivity (Wildman–Crippen MR) is 86.7 cm³/mol. The summed E-state index contributed by atoms with van der Waals surface area (Å²) < 4.78 is 0. The molecular weight excluding hydrogens is 269 g/mol. The third-order valence-electron chi connectivity index (χ3n) is 4.75. The lowest BCUT2D eigenvalue weighted by Gasteiger charge is -2.29. The minimum Gasteiger partial charge on any atom is -0.281 e. The van der Waals surface area contributed by atoms with Gasteiger partial charge in [0.15, 0.2) is 0 Å². The lowest BCUT2D eigenvalue weighted by Crippen LogP contribution is -2.36. The second-order valence-electron chi connectivity index (χ2n) is 6.52. The first-order valence-corrected chi connectivity index (χ1v) is 8.95. The highest BCUT2D eigenvalue weighted by molar-refractivity contribution is 8.01. The average molecular weight is 295 g/mol. The fourth-order valence-corrected chi connectivity index (χ4v) is 4.33. The van der Waals surface area contributed by atoms with Crippen molar-refractivity contribution in [1.82, 2.24) is 4.90 Å². The van der Waals surface area contributed by atoms with Gasteiger partial charge in [0.05, 0.1) is 5.25 Å². The summed E-state index contributed by atoms with van der Waals surface area (Å²) in [5.74, 6) is 1.46. The van der Waals surface area contributed by atoms with Gasteiger partial charge in [-0.25, -0.2) is 0 Å². The number of rotatable bonds is 5. The molecule has 3 nitrogen and oxygen atoms in total. The summed E-state index contributed by atoms with van der Waals surface area (Å²) in [5.41, 5.74) is 0. The second-order valence-corrected chi connectivity index (χ2v) is 8.16. The van der Waals surface area contributed by atoms with E-state index in [4.69, 9.17) is 0 Å². The Labute approximate surface area is 127 Å². The van der Waals surface area contributed by atoms with E-state index in [1.165, 1.54) is 25.7 Å². The first-order chi connectivity index (χ1) is 9.51. The Kier molecular flexibility index (Phi) is 5.59. The van der Waals surface area contributed by atoms with Crippen molar-refractivity contribution in [2.45, 2.75) is 68.7 Å². The number of likely N-dealkylation sites (tertiary alicyclic amines) is 1. The molecule has 5 heteroatoms. The third kappa shape index (κ3) is 3.81. The van der Waals surface area contributed by atoms with Crippen LogP contribution >= 0.6 is 11.8 Å². The van der Waals surface area contributed by atoms with E-state index in [-0.39, 0.29) is 17.1 Å². The van der Waals surface area contributed by atoms with Crippen LogP contribution in [0.5, 0.6) is 0 Å². The van der Waals surface area contributed by atoms with Gasteiger partial charge in [-0.05, 0) is 25.2 Å². The monoisotopic (exact) mass is 295 g/mol. The molecule has 0 aromatic heterocycles. The minimum atomic E-state index is -0.125. The van der Waals surface area contributed by atoms with Crippen molar-refractivity contribution in [2.24, 2.45) is 5.92 Å². The average Bonchev–Trinajstić information content (AvgIpc) is 2.68. The third-order valence-corrected chi connectivity index (χ3v) is 6.25. The lowest BCUT2D eigenvalue weighted by atomic mass is 9.72. The molecule has 2 unspecified atom stereocenters. The SMILES string of the molecule is BC1CCC(CN2C(=O)CC(SC(C)CC)C2=O)CC1. The Hall–Kier alpha value is -0.445. The highest BCUT2D eigenvalue weighted by Crippen LogP contribution is 2.34. The smallest absolute Gasteiger partial charge is 0.242 e. The van der Waals surface area contributed by atoms with Crippen LogP contribution in [0.15, 0.2) is 0 Å². The van der Waals surface area contributed by atoms with Crippen LogP contribution in [0.2, 0.25) is 5.82 Å². The zero-order valence-electron chi connectivity index (χ0n) is 12.9. The lowest BCUT2D eigenvalue weighted by molar-refractivity contribution is -0.139. The second kappa shape index (κ2) is 7.01. The number of amides is 2. The Bertz CT molecular complexity index is 369. The molecule has 1 saturated heterocycles. The molecule has 20 heavy (non-hydrogen) atoms. The van der Waals surface area contributed by atoms with Gasteiger partial charge in [-0.3, -0.25) is 14.5 Å². The van der Waals surface area contributed by atoms with E-state index < -0.39 is 0 Å². The zero-order valence-corrected chi connectivity index (χ0v) is 13.7. The van der Waals surface area contributed by atoms with Crippen LogP contribution in [-0.4, -0.2) is 41.6 Å². The largest absolute Gasteiger partial charge is 0.281 e. The molecular formula is C15H26BNO2S. The molecule has 1 aliphatic heterocycles. The van der Waals surface area contributed by atoms with Gasteiger partial charge in [-0.1, -0.05) is 32.5 Å². The van der Waals surface area contributed by atoms with Gasteiger partial charge >= 0.3 is 0 Å². The highest BCUT2D eigenvalue weighted by atomic mass is 32.2. The first-order valence-electron chi connectivity index (χ1n) is 8.00. The van der Waals surface area contributed by atoms with E-state index in [2.05, 4.69) is 21.7 Å². The highest BCUT2D eigenvalue weighted by Gasteiger charge is 2.40. The van der Waals surface area contributed by atoms with Crippen molar-refractivity contribution in [1.29, 1.82) is 0 Å². The Balaban J connectivity index is 1.88. The summed E-state index contributed by atoms with van der Waals surface area (Å²) >= 11 is 1.67. The quantitative estimate of drug-likeness (QED) is 0.577. The van der Waals surface area contributed by atoms with Crippen LogP contribution in [0, 0.1) is 5.92 Å². The van der Waals surface area contributed by atoms with Gasteiger partial charge in [0, 0.05) is 18.2 Å². The van der Waals surface area contributed by atoms with Gasteiger partial charge in [-0.2, -0.15) is 0 Å². The molecule has 0 spiro atoms. The Morgan fingerprint density at radius 2 is 1.95 bits per heavy atom. The van der Waals surface area contributed by atoms with Gasteiger partial charge < -0.3 is 0 Å². The van der Waals surface area contributed by atoms with Crippen LogP contribution in [0.1, 0.15) is 52.4 Å². The van der Waals surface area contributed by atoms with E-state index in [0.29, 0.717) is 24.1 Å². The number of imide groups is 1. The number of thioether (sulfide) groups is 1. The molecule has 2 fully saturated rings. The van der Waals surface area contributed by atoms with Gasteiger partial charge in [0.2, 0.25) is 11.8 Å². The van der Waals surface area contributed by atoms with E-state index in [9.17, 15) is 9.59 Å². The Morgan fingerprint density at radius 1 is 1.30 bits per heavy atom. The zero-order chi connectivity index (χ0) is 14.7. The summed E-state index contributed by atoms with van der Waals surface area (Å²) in [5, 5.41) is 0.326. The molecule has 0 bridgehead atoms. The first kappa shape index (κ1) is 15.9. The summed E-state index contributed by atoms with van der Waals surface area (Å²) in [6.45, 7) is 4.93. The van der Waals surface area contributed by atoms with E-state index in [1.807, 2.05) is 0 Å². The topological polar surface area (TPSA) is 37.4 Å². The molecule has 112 valence electrons. The summed E-state index contributed by atoms with van der Waals surface area (Å²) in [4.78, 5) is 26.0. The van der Waals surface area contributed by atoms with E-state index >= 15 is 0 Å². The molecule has 0 aromatic rings. The minimum absolute atomic E-state index is 0.0504. The fraction of sp³-hybridized carbons (Fsp3) is 0.867. The molecule has 2 amide bonds. The molecule has 0 aromatic carbocycles. The van der Waals surface area contributed by atoms with Gasteiger partial charge in [0.1, 0.15) is 7.85 Å². The van der Waals surface area contributed by atoms with Crippen molar-refractivity contribution in [3.63, 3.8) is 0 Å².